The van der Waals surface area contributed by atoms with Crippen LogP contribution in [0.15, 0.2) is 29.2 Å². The monoisotopic (exact) mass is 374 g/mol. The molecule has 0 spiro atoms. The van der Waals surface area contributed by atoms with E-state index in [0.29, 0.717) is 11.4 Å². The molecule has 26 heavy (non-hydrogen) atoms. The van der Waals surface area contributed by atoms with Crippen LogP contribution >= 0.6 is 0 Å². The molecular formula is C17H18N4O4S. The molecule has 1 aliphatic heterocycles. The van der Waals surface area contributed by atoms with Crippen LogP contribution in [0, 0.1) is 13.8 Å². The minimum Gasteiger partial charge on any atom is -0.480 e. The molecule has 0 aliphatic carbocycles. The third-order valence-electron chi connectivity index (χ3n) is 4.87. The molecule has 2 aromatic heterocycles. The number of benzene rings is 1. The number of carboxylic acids is 1. The van der Waals surface area contributed by atoms with Crippen LogP contribution in [0.25, 0.3) is 10.9 Å². The largest absolute Gasteiger partial charge is 0.480 e. The highest BCUT2D eigenvalue weighted by Gasteiger charge is 2.42. The average molecular weight is 374 g/mol. The second kappa shape index (κ2) is 5.68. The minimum absolute atomic E-state index is 0.0205. The molecular weight excluding hydrogens is 356 g/mol. The lowest BCUT2D eigenvalue weighted by molar-refractivity contribution is -0.141. The van der Waals surface area contributed by atoms with E-state index in [-0.39, 0.29) is 17.9 Å². The average Bonchev–Trinajstić information content (AvgIpc) is 3.13. The minimum atomic E-state index is -4.02. The smallest absolute Gasteiger partial charge is 0.322 e. The second-order valence-electron chi connectivity index (χ2n) is 6.50. The number of fused-ring (bicyclic) bond motifs is 3. The van der Waals surface area contributed by atoms with Gasteiger partial charge in [0.05, 0.1) is 17.9 Å². The Balaban J connectivity index is 1.87. The summed E-state index contributed by atoms with van der Waals surface area (Å²) in [6.07, 6.45) is 0.115. The van der Waals surface area contributed by atoms with Crippen molar-refractivity contribution in [2.75, 3.05) is 0 Å². The molecule has 3 aromatic rings. The van der Waals surface area contributed by atoms with Gasteiger partial charge in [0.15, 0.2) is 0 Å². The number of aryl methyl sites for hydroxylation is 2. The molecule has 0 fully saturated rings. The second-order valence-corrected chi connectivity index (χ2v) is 8.33. The molecule has 9 heteroatoms. The normalized spacial score (nSPS) is 18.2. The van der Waals surface area contributed by atoms with Gasteiger partial charge in [0, 0.05) is 23.0 Å². The number of rotatable bonds is 3. The molecule has 3 heterocycles. The molecule has 0 amide bonds. The van der Waals surface area contributed by atoms with Crippen molar-refractivity contribution in [2.45, 2.75) is 37.8 Å². The summed E-state index contributed by atoms with van der Waals surface area (Å²) in [5.41, 5.74) is 3.19. The van der Waals surface area contributed by atoms with Crippen molar-refractivity contribution in [1.82, 2.24) is 19.5 Å². The van der Waals surface area contributed by atoms with Crippen LogP contribution in [0.5, 0.6) is 0 Å². The molecule has 4 rings (SSSR count). The molecule has 3 N–H and O–H groups in total. The first-order valence-corrected chi connectivity index (χ1v) is 9.59. The molecule has 1 aliphatic rings. The predicted octanol–water partition coefficient (Wildman–Crippen LogP) is 1.71. The maximum absolute atomic E-state index is 13.2. The van der Waals surface area contributed by atoms with Gasteiger partial charge in [-0.2, -0.15) is 9.40 Å². The highest BCUT2D eigenvalue weighted by molar-refractivity contribution is 7.89. The van der Waals surface area contributed by atoms with Crippen LogP contribution in [0.1, 0.15) is 22.6 Å². The zero-order valence-corrected chi connectivity index (χ0v) is 15.1. The number of nitrogens with zero attached hydrogens (tertiary/aromatic N) is 2. The van der Waals surface area contributed by atoms with Crippen LogP contribution in [0.4, 0.5) is 0 Å². The van der Waals surface area contributed by atoms with Crippen molar-refractivity contribution < 1.29 is 18.3 Å². The summed E-state index contributed by atoms with van der Waals surface area (Å²) in [5, 5.41) is 17.2. The molecule has 0 saturated carbocycles. The number of carbonyl (C=O) groups is 1. The molecule has 0 saturated heterocycles. The number of aromatic nitrogens is 3. The molecule has 1 unspecified atom stereocenters. The standard InChI is InChI=1S/C17H18N4O4S/c1-9-16(10(2)20-19-9)26(24,25)21-8-14-12(7-15(21)17(22)23)11-5-3-4-6-13(11)18-14/h3-6,15,18H,7-8H2,1-2H3,(H,19,20)(H,22,23). The summed E-state index contributed by atoms with van der Waals surface area (Å²) in [6, 6.07) is 6.41. The summed E-state index contributed by atoms with van der Waals surface area (Å²) in [6.45, 7) is 3.18. The lowest BCUT2D eigenvalue weighted by atomic mass is 9.99. The number of para-hydroxylation sites is 1. The Bertz CT molecular complexity index is 1110. The maximum Gasteiger partial charge on any atom is 0.322 e. The summed E-state index contributed by atoms with van der Waals surface area (Å²) in [7, 11) is -4.02. The van der Waals surface area contributed by atoms with Crippen molar-refractivity contribution >= 4 is 26.9 Å². The Kier molecular flexibility index (Phi) is 3.67. The van der Waals surface area contributed by atoms with Crippen molar-refractivity contribution in [1.29, 1.82) is 0 Å². The summed E-state index contributed by atoms with van der Waals surface area (Å²) in [4.78, 5) is 15.2. The number of hydrogen-bond acceptors (Lipinski definition) is 4. The van der Waals surface area contributed by atoms with Gasteiger partial charge < -0.3 is 10.1 Å². The fourth-order valence-electron chi connectivity index (χ4n) is 3.69. The SMILES string of the molecule is Cc1n[nH]c(C)c1S(=O)(=O)N1Cc2[nH]c3ccccc3c2CC1C(=O)O. The fourth-order valence-corrected chi connectivity index (χ4v) is 5.57. The molecule has 1 aromatic carbocycles. The van der Waals surface area contributed by atoms with Gasteiger partial charge in [0.1, 0.15) is 10.9 Å². The maximum atomic E-state index is 13.2. The summed E-state index contributed by atoms with van der Waals surface area (Å²) < 4.78 is 27.5. The van der Waals surface area contributed by atoms with E-state index >= 15 is 0 Å². The number of aliphatic carboxylic acids is 1. The first-order chi connectivity index (χ1) is 12.3. The Labute approximate surface area is 149 Å². The Hall–Kier alpha value is -2.65. The van der Waals surface area contributed by atoms with Gasteiger partial charge in [-0.25, -0.2) is 8.42 Å². The highest BCUT2D eigenvalue weighted by atomic mass is 32.2. The van der Waals surface area contributed by atoms with Crippen molar-refractivity contribution in [3.05, 3.63) is 46.9 Å². The molecule has 8 nitrogen and oxygen atoms in total. The zero-order chi connectivity index (χ0) is 18.6. The van der Waals surface area contributed by atoms with Gasteiger partial charge in [-0.3, -0.25) is 9.89 Å². The van der Waals surface area contributed by atoms with Crippen molar-refractivity contribution in [3.8, 4) is 0 Å². The summed E-state index contributed by atoms with van der Waals surface area (Å²) >= 11 is 0. The number of sulfonamides is 1. The number of nitrogens with one attached hydrogen (secondary N) is 2. The Morgan fingerprint density at radius 2 is 2.04 bits per heavy atom. The molecule has 136 valence electrons. The third kappa shape index (κ3) is 2.35. The first kappa shape index (κ1) is 16.8. The lowest BCUT2D eigenvalue weighted by Crippen LogP contribution is -2.48. The number of hydrogen-bond donors (Lipinski definition) is 3. The van der Waals surface area contributed by atoms with Crippen LogP contribution < -0.4 is 0 Å². The summed E-state index contributed by atoms with van der Waals surface area (Å²) in [5.74, 6) is -1.16. The molecule has 0 radical (unpaired) electrons. The van der Waals surface area contributed by atoms with Gasteiger partial charge in [0.2, 0.25) is 10.0 Å². The predicted molar refractivity (Wildman–Crippen MR) is 94.2 cm³/mol. The van der Waals surface area contributed by atoms with E-state index in [4.69, 9.17) is 0 Å². The zero-order valence-electron chi connectivity index (χ0n) is 14.3. The quantitative estimate of drug-likeness (QED) is 0.645. The van der Waals surface area contributed by atoms with E-state index in [1.165, 1.54) is 0 Å². The lowest BCUT2D eigenvalue weighted by Gasteiger charge is -2.32. The van der Waals surface area contributed by atoms with Crippen molar-refractivity contribution in [2.24, 2.45) is 0 Å². The van der Waals surface area contributed by atoms with E-state index in [9.17, 15) is 18.3 Å². The number of H-pyrrole nitrogens is 2. The van der Waals surface area contributed by atoms with Gasteiger partial charge in [-0.1, -0.05) is 18.2 Å². The van der Waals surface area contributed by atoms with Crippen LogP contribution in [0.3, 0.4) is 0 Å². The van der Waals surface area contributed by atoms with E-state index in [2.05, 4.69) is 15.2 Å². The van der Waals surface area contributed by atoms with Gasteiger partial charge >= 0.3 is 5.97 Å². The van der Waals surface area contributed by atoms with Crippen LogP contribution in [-0.4, -0.2) is 45.0 Å². The number of carboxylic acid groups (broad SMARTS) is 1. The topological polar surface area (TPSA) is 119 Å². The van der Waals surface area contributed by atoms with E-state index in [1.54, 1.807) is 13.8 Å². The number of aromatic amines is 2. The van der Waals surface area contributed by atoms with E-state index in [0.717, 1.165) is 26.5 Å². The van der Waals surface area contributed by atoms with Crippen molar-refractivity contribution in [3.63, 3.8) is 0 Å². The van der Waals surface area contributed by atoms with E-state index < -0.39 is 22.0 Å². The van der Waals surface area contributed by atoms with E-state index in [1.807, 2.05) is 24.3 Å². The Morgan fingerprint density at radius 3 is 2.69 bits per heavy atom. The molecule has 1 atom stereocenters. The fraction of sp³-hybridized carbons (Fsp3) is 0.294. The molecule has 0 bridgehead atoms. The first-order valence-electron chi connectivity index (χ1n) is 8.15. The third-order valence-corrected chi connectivity index (χ3v) is 6.99. The highest BCUT2D eigenvalue weighted by Crippen LogP contribution is 2.34. The van der Waals surface area contributed by atoms with Crippen LogP contribution in [0.2, 0.25) is 0 Å². The Morgan fingerprint density at radius 1 is 1.31 bits per heavy atom. The van der Waals surface area contributed by atoms with Crippen LogP contribution in [-0.2, 0) is 27.8 Å². The van der Waals surface area contributed by atoms with Gasteiger partial charge in [-0.05, 0) is 25.5 Å². The van der Waals surface area contributed by atoms with Gasteiger partial charge in [0.25, 0.3) is 0 Å². The van der Waals surface area contributed by atoms with Gasteiger partial charge in [-0.15, -0.1) is 0 Å².